The Morgan fingerprint density at radius 2 is 1.21 bits per heavy atom. The molecule has 8 heteroatoms. The Hall–Kier alpha value is -3.68. The zero-order valence-corrected chi connectivity index (χ0v) is 15.2. The first kappa shape index (κ1) is 20.6. The summed E-state index contributed by atoms with van der Waals surface area (Å²) in [5.41, 5.74) is 6.14. The molecule has 2 rings (SSSR count). The Morgan fingerprint density at radius 1 is 0.786 bits per heavy atom. The first-order valence-electron chi connectivity index (χ1n) is 8.75. The fourth-order valence-electron chi connectivity index (χ4n) is 2.25. The van der Waals surface area contributed by atoms with Gasteiger partial charge in [-0.1, -0.05) is 24.3 Å². The third-order valence-electron chi connectivity index (χ3n) is 3.60. The highest BCUT2D eigenvalue weighted by Gasteiger charge is 2.03. The van der Waals surface area contributed by atoms with Gasteiger partial charge >= 0.3 is 0 Å². The van der Waals surface area contributed by atoms with E-state index in [-0.39, 0.29) is 36.2 Å². The summed E-state index contributed by atoms with van der Waals surface area (Å²) in [6.07, 6.45) is 4.45. The number of carbonyl (C=O) groups excluding carboxylic acids is 2. The number of hydrazone groups is 2. The van der Waals surface area contributed by atoms with E-state index in [2.05, 4.69) is 21.1 Å². The molecule has 0 fully saturated rings. The predicted molar refractivity (Wildman–Crippen MR) is 106 cm³/mol. The van der Waals surface area contributed by atoms with Gasteiger partial charge in [0, 0.05) is 12.8 Å². The second-order valence-electron chi connectivity index (χ2n) is 5.98. The van der Waals surface area contributed by atoms with Crippen LogP contribution in [0.2, 0.25) is 0 Å². The Bertz CT molecular complexity index is 793. The van der Waals surface area contributed by atoms with Gasteiger partial charge in [-0.15, -0.1) is 0 Å². The Labute approximate surface area is 162 Å². The molecule has 0 saturated carbocycles. The molecule has 0 aromatic heterocycles. The molecule has 0 heterocycles. The zero-order valence-electron chi connectivity index (χ0n) is 15.2. The monoisotopic (exact) mass is 382 g/mol. The van der Waals surface area contributed by atoms with Crippen LogP contribution in [0.15, 0.2) is 58.7 Å². The largest absolute Gasteiger partial charge is 0.508 e. The fourth-order valence-corrected chi connectivity index (χ4v) is 2.25. The molecule has 0 spiro atoms. The average Bonchev–Trinajstić information content (AvgIpc) is 2.65. The van der Waals surface area contributed by atoms with Crippen molar-refractivity contribution < 1.29 is 19.8 Å². The first-order valence-corrected chi connectivity index (χ1v) is 8.75. The van der Waals surface area contributed by atoms with Crippen LogP contribution in [-0.4, -0.2) is 34.5 Å². The lowest BCUT2D eigenvalue weighted by Crippen LogP contribution is -2.19. The van der Waals surface area contributed by atoms with Crippen LogP contribution in [0, 0.1) is 0 Å². The minimum atomic E-state index is -0.251. The molecule has 0 radical (unpaired) electrons. The molecule has 0 aliphatic carbocycles. The molecule has 2 aromatic rings. The zero-order chi connectivity index (χ0) is 20.2. The van der Waals surface area contributed by atoms with E-state index in [1.165, 1.54) is 24.6 Å². The maximum absolute atomic E-state index is 11.7. The van der Waals surface area contributed by atoms with E-state index in [4.69, 9.17) is 0 Å². The SMILES string of the molecule is O=C(CCCCC(=O)N/N=C/c1cccc(O)c1)N/N=C\c1cccc(O)c1. The van der Waals surface area contributed by atoms with Crippen LogP contribution in [0.25, 0.3) is 0 Å². The Balaban J connectivity index is 1.58. The predicted octanol–water partition coefficient (Wildman–Crippen LogP) is 2.26. The number of nitrogens with zero attached hydrogens (tertiary/aromatic N) is 2. The number of hydrogen-bond donors (Lipinski definition) is 4. The number of benzene rings is 2. The van der Waals surface area contributed by atoms with Gasteiger partial charge in [-0.25, -0.2) is 10.9 Å². The van der Waals surface area contributed by atoms with Gasteiger partial charge in [0.15, 0.2) is 0 Å². The molecule has 2 aromatic carbocycles. The van der Waals surface area contributed by atoms with Crippen molar-refractivity contribution in [1.82, 2.24) is 10.9 Å². The lowest BCUT2D eigenvalue weighted by atomic mass is 10.2. The Morgan fingerprint density at radius 3 is 1.61 bits per heavy atom. The summed E-state index contributed by atoms with van der Waals surface area (Å²) in [6, 6.07) is 13.0. The summed E-state index contributed by atoms with van der Waals surface area (Å²) in [7, 11) is 0. The van der Waals surface area contributed by atoms with Gasteiger partial charge in [-0.2, -0.15) is 10.2 Å². The molecule has 146 valence electrons. The first-order chi connectivity index (χ1) is 13.5. The van der Waals surface area contributed by atoms with E-state index in [0.29, 0.717) is 24.0 Å². The number of aromatic hydroxyl groups is 2. The summed E-state index contributed by atoms with van der Waals surface area (Å²) >= 11 is 0. The van der Waals surface area contributed by atoms with E-state index in [0.717, 1.165) is 0 Å². The molecule has 0 aliphatic heterocycles. The highest BCUT2D eigenvalue weighted by atomic mass is 16.3. The van der Waals surface area contributed by atoms with E-state index in [9.17, 15) is 19.8 Å². The van der Waals surface area contributed by atoms with Crippen molar-refractivity contribution >= 4 is 24.2 Å². The minimum absolute atomic E-state index is 0.125. The molecule has 2 amide bonds. The highest BCUT2D eigenvalue weighted by molar-refractivity contribution is 5.83. The van der Waals surface area contributed by atoms with E-state index in [1.807, 2.05) is 0 Å². The van der Waals surface area contributed by atoms with Crippen molar-refractivity contribution in [2.45, 2.75) is 25.7 Å². The van der Waals surface area contributed by atoms with Crippen molar-refractivity contribution in [1.29, 1.82) is 0 Å². The number of hydrogen-bond acceptors (Lipinski definition) is 6. The number of unbranched alkanes of at least 4 members (excludes halogenated alkanes) is 1. The maximum atomic E-state index is 11.7. The summed E-state index contributed by atoms with van der Waals surface area (Å²) in [5.74, 6) is -0.253. The summed E-state index contributed by atoms with van der Waals surface area (Å²) < 4.78 is 0. The van der Waals surface area contributed by atoms with Gasteiger partial charge in [-0.05, 0) is 48.2 Å². The highest BCUT2D eigenvalue weighted by Crippen LogP contribution is 2.09. The van der Waals surface area contributed by atoms with E-state index < -0.39 is 0 Å². The topological polar surface area (TPSA) is 123 Å². The van der Waals surface area contributed by atoms with Crippen LogP contribution < -0.4 is 10.9 Å². The maximum Gasteiger partial charge on any atom is 0.240 e. The van der Waals surface area contributed by atoms with Crippen molar-refractivity contribution in [3.63, 3.8) is 0 Å². The number of phenolic OH excluding ortho intramolecular Hbond substituents is 2. The van der Waals surface area contributed by atoms with Crippen LogP contribution in [0.4, 0.5) is 0 Å². The quantitative estimate of drug-likeness (QED) is 0.302. The van der Waals surface area contributed by atoms with Gasteiger partial charge in [-0.3, -0.25) is 9.59 Å². The molecular formula is C20H22N4O4. The molecule has 0 saturated heterocycles. The third kappa shape index (κ3) is 8.13. The van der Waals surface area contributed by atoms with E-state index >= 15 is 0 Å². The van der Waals surface area contributed by atoms with Crippen LogP contribution in [0.5, 0.6) is 11.5 Å². The number of amides is 2. The lowest BCUT2D eigenvalue weighted by Gasteiger charge is -2.01. The van der Waals surface area contributed by atoms with Crippen LogP contribution in [0.1, 0.15) is 36.8 Å². The summed E-state index contributed by atoms with van der Waals surface area (Å²) in [4.78, 5) is 23.4. The van der Waals surface area contributed by atoms with Crippen LogP contribution in [0.3, 0.4) is 0 Å². The second kappa shape index (κ2) is 11.1. The summed E-state index contributed by atoms with van der Waals surface area (Å²) in [5, 5.41) is 26.3. The van der Waals surface area contributed by atoms with Gasteiger partial charge in [0.1, 0.15) is 11.5 Å². The third-order valence-corrected chi connectivity index (χ3v) is 3.60. The fraction of sp³-hybridized carbons (Fsp3) is 0.200. The molecule has 0 atom stereocenters. The second-order valence-corrected chi connectivity index (χ2v) is 5.98. The van der Waals surface area contributed by atoms with Crippen LogP contribution >= 0.6 is 0 Å². The van der Waals surface area contributed by atoms with Crippen molar-refractivity contribution in [3.8, 4) is 11.5 Å². The van der Waals surface area contributed by atoms with Gasteiger partial charge in [0.2, 0.25) is 11.8 Å². The average molecular weight is 382 g/mol. The lowest BCUT2D eigenvalue weighted by molar-refractivity contribution is -0.123. The molecule has 8 nitrogen and oxygen atoms in total. The Kier molecular flexibility index (Phi) is 8.19. The standard InChI is InChI=1S/C20H22N4O4/c25-17-7-3-5-15(11-17)13-21-23-19(27)9-1-2-10-20(28)24-22-14-16-6-4-8-18(26)12-16/h3-8,11-14,25-26H,1-2,9-10H2,(H,23,27)(H,24,28)/b21-13-,22-14+. The van der Waals surface area contributed by atoms with Gasteiger partial charge in [0.25, 0.3) is 0 Å². The molecule has 28 heavy (non-hydrogen) atoms. The molecule has 4 N–H and O–H groups in total. The van der Waals surface area contributed by atoms with Gasteiger partial charge in [0.05, 0.1) is 12.4 Å². The van der Waals surface area contributed by atoms with Crippen molar-refractivity contribution in [2.75, 3.05) is 0 Å². The molecule has 0 aliphatic rings. The minimum Gasteiger partial charge on any atom is -0.508 e. The van der Waals surface area contributed by atoms with Crippen LogP contribution in [-0.2, 0) is 9.59 Å². The van der Waals surface area contributed by atoms with Gasteiger partial charge < -0.3 is 10.2 Å². The summed E-state index contributed by atoms with van der Waals surface area (Å²) in [6.45, 7) is 0. The number of phenols is 2. The number of nitrogens with one attached hydrogen (secondary N) is 2. The number of carbonyl (C=O) groups is 2. The smallest absolute Gasteiger partial charge is 0.240 e. The molecular weight excluding hydrogens is 360 g/mol. The normalized spacial score (nSPS) is 11.0. The van der Waals surface area contributed by atoms with Crippen molar-refractivity contribution in [2.24, 2.45) is 10.2 Å². The van der Waals surface area contributed by atoms with E-state index in [1.54, 1.807) is 36.4 Å². The van der Waals surface area contributed by atoms with Crippen molar-refractivity contribution in [3.05, 3.63) is 59.7 Å². The molecule has 0 bridgehead atoms. The molecule has 0 unspecified atom stereocenters. The number of rotatable bonds is 9.